The summed E-state index contributed by atoms with van der Waals surface area (Å²) in [5.41, 5.74) is 4.85. The standard InChI is InChI=1S/C25H27NO5/c27-23(28)22-9-10-25(16-31-22)11-13-26(14-12-25)24(29)30-15-21-19-7-3-1-5-17(19)18-6-2-4-8-20(18)21/h1-8,21-22H,9-16H2,(H,27,28). The van der Waals surface area contributed by atoms with Gasteiger partial charge >= 0.3 is 12.1 Å². The lowest BCUT2D eigenvalue weighted by Crippen LogP contribution is -2.48. The molecular weight excluding hydrogens is 394 g/mol. The zero-order valence-corrected chi connectivity index (χ0v) is 17.5. The molecule has 31 heavy (non-hydrogen) atoms. The third-order valence-electron chi connectivity index (χ3n) is 7.22. The molecule has 1 spiro atoms. The number of likely N-dealkylation sites (tertiary alicyclic amines) is 1. The molecule has 0 saturated carbocycles. The van der Waals surface area contributed by atoms with E-state index in [1.165, 1.54) is 22.3 Å². The highest BCUT2D eigenvalue weighted by molar-refractivity contribution is 5.79. The Bertz CT molecular complexity index is 939. The fourth-order valence-electron chi connectivity index (χ4n) is 5.31. The number of carbonyl (C=O) groups is 2. The van der Waals surface area contributed by atoms with Crippen molar-refractivity contribution in [3.8, 4) is 11.1 Å². The van der Waals surface area contributed by atoms with Gasteiger partial charge in [-0.05, 0) is 53.4 Å². The molecule has 2 heterocycles. The molecule has 0 radical (unpaired) electrons. The number of carboxylic acid groups (broad SMARTS) is 1. The van der Waals surface area contributed by atoms with E-state index in [0.29, 0.717) is 32.7 Å². The molecule has 162 valence electrons. The predicted octanol–water partition coefficient (Wildman–Crippen LogP) is 4.28. The summed E-state index contributed by atoms with van der Waals surface area (Å²) < 4.78 is 11.4. The van der Waals surface area contributed by atoms with E-state index in [1.54, 1.807) is 4.90 Å². The van der Waals surface area contributed by atoms with Crippen LogP contribution in [0, 0.1) is 5.41 Å². The van der Waals surface area contributed by atoms with Crippen LogP contribution in [0.3, 0.4) is 0 Å². The number of aliphatic carboxylic acids is 1. The number of amides is 1. The molecule has 2 aromatic rings. The lowest BCUT2D eigenvalue weighted by atomic mass is 9.73. The molecule has 3 aliphatic rings. The van der Waals surface area contributed by atoms with Gasteiger partial charge in [-0.15, -0.1) is 0 Å². The Morgan fingerprint density at radius 1 is 1.00 bits per heavy atom. The van der Waals surface area contributed by atoms with E-state index in [4.69, 9.17) is 14.6 Å². The molecule has 6 heteroatoms. The minimum Gasteiger partial charge on any atom is -0.479 e. The summed E-state index contributed by atoms with van der Waals surface area (Å²) in [4.78, 5) is 25.7. The van der Waals surface area contributed by atoms with Gasteiger partial charge in [-0.3, -0.25) is 0 Å². The van der Waals surface area contributed by atoms with Crippen LogP contribution in [0.4, 0.5) is 4.79 Å². The van der Waals surface area contributed by atoms with Crippen molar-refractivity contribution in [2.75, 3.05) is 26.3 Å². The minimum absolute atomic E-state index is 0.00787. The zero-order valence-electron chi connectivity index (χ0n) is 17.5. The second-order valence-electron chi connectivity index (χ2n) is 8.97. The van der Waals surface area contributed by atoms with E-state index < -0.39 is 12.1 Å². The molecule has 6 nitrogen and oxygen atoms in total. The van der Waals surface area contributed by atoms with E-state index in [2.05, 4.69) is 24.3 Å². The normalized spacial score (nSPS) is 22.1. The van der Waals surface area contributed by atoms with Gasteiger partial charge in [-0.1, -0.05) is 48.5 Å². The SMILES string of the molecule is O=C(O)C1CCC2(CCN(C(=O)OCC3c4ccccc4-c4ccccc43)CC2)CO1. The van der Waals surface area contributed by atoms with Crippen molar-refractivity contribution in [2.45, 2.75) is 37.7 Å². The maximum absolute atomic E-state index is 12.8. The summed E-state index contributed by atoms with van der Waals surface area (Å²) in [6.45, 7) is 2.04. The van der Waals surface area contributed by atoms with E-state index in [9.17, 15) is 9.59 Å². The molecular formula is C25H27NO5. The molecule has 2 fully saturated rings. The molecule has 5 rings (SSSR count). The number of piperidine rings is 1. The first-order valence-electron chi connectivity index (χ1n) is 11.0. The summed E-state index contributed by atoms with van der Waals surface area (Å²) in [6.07, 6.45) is 2.07. The summed E-state index contributed by atoms with van der Waals surface area (Å²) in [5.74, 6) is -0.821. The highest BCUT2D eigenvalue weighted by Crippen LogP contribution is 2.45. The fourth-order valence-corrected chi connectivity index (χ4v) is 5.31. The lowest BCUT2D eigenvalue weighted by molar-refractivity contribution is -0.161. The van der Waals surface area contributed by atoms with Crippen molar-refractivity contribution < 1.29 is 24.2 Å². The van der Waals surface area contributed by atoms with Gasteiger partial charge in [-0.25, -0.2) is 9.59 Å². The molecule has 2 aliphatic heterocycles. The first-order valence-corrected chi connectivity index (χ1v) is 11.0. The third-order valence-corrected chi connectivity index (χ3v) is 7.22. The third kappa shape index (κ3) is 3.69. The largest absolute Gasteiger partial charge is 0.479 e. The van der Waals surface area contributed by atoms with E-state index in [0.717, 1.165) is 19.3 Å². The van der Waals surface area contributed by atoms with Crippen molar-refractivity contribution in [3.63, 3.8) is 0 Å². The van der Waals surface area contributed by atoms with Crippen molar-refractivity contribution in [2.24, 2.45) is 5.41 Å². The van der Waals surface area contributed by atoms with Crippen LogP contribution in [0.15, 0.2) is 48.5 Å². The lowest BCUT2D eigenvalue weighted by Gasteiger charge is -2.44. The van der Waals surface area contributed by atoms with Crippen LogP contribution in [-0.2, 0) is 14.3 Å². The van der Waals surface area contributed by atoms with Gasteiger partial charge in [0.05, 0.1) is 6.61 Å². The first kappa shape index (κ1) is 20.1. The van der Waals surface area contributed by atoms with Crippen LogP contribution in [0.25, 0.3) is 11.1 Å². The fraction of sp³-hybridized carbons (Fsp3) is 0.440. The summed E-state index contributed by atoms with van der Waals surface area (Å²) >= 11 is 0. The molecule has 1 unspecified atom stereocenters. The van der Waals surface area contributed by atoms with Gasteiger partial charge in [0.15, 0.2) is 6.10 Å². The summed E-state index contributed by atoms with van der Waals surface area (Å²) in [5, 5.41) is 9.12. The summed E-state index contributed by atoms with van der Waals surface area (Å²) in [7, 11) is 0. The van der Waals surface area contributed by atoms with Crippen molar-refractivity contribution in [1.82, 2.24) is 4.90 Å². The minimum atomic E-state index is -0.883. The smallest absolute Gasteiger partial charge is 0.409 e. The number of carboxylic acids is 1. The molecule has 0 aromatic heterocycles. The van der Waals surface area contributed by atoms with Crippen LogP contribution < -0.4 is 0 Å². The molecule has 2 aromatic carbocycles. The zero-order chi connectivity index (χ0) is 21.4. The Morgan fingerprint density at radius 3 is 2.16 bits per heavy atom. The Kier molecular flexibility index (Phi) is 5.18. The highest BCUT2D eigenvalue weighted by Gasteiger charge is 2.41. The molecule has 1 amide bonds. The number of nitrogens with zero attached hydrogens (tertiary/aromatic N) is 1. The Hall–Kier alpha value is -2.86. The maximum Gasteiger partial charge on any atom is 0.409 e. The van der Waals surface area contributed by atoms with Gasteiger partial charge in [0.2, 0.25) is 0 Å². The Labute approximate surface area is 181 Å². The Balaban J connectivity index is 1.19. The number of fused-ring (bicyclic) bond motifs is 3. The van der Waals surface area contributed by atoms with Crippen LogP contribution in [0.2, 0.25) is 0 Å². The number of benzene rings is 2. The molecule has 1 atom stereocenters. The van der Waals surface area contributed by atoms with E-state index in [1.807, 2.05) is 24.3 Å². The van der Waals surface area contributed by atoms with Gasteiger partial charge in [-0.2, -0.15) is 0 Å². The van der Waals surface area contributed by atoms with E-state index >= 15 is 0 Å². The first-order chi connectivity index (χ1) is 15.1. The molecule has 0 bridgehead atoms. The molecule has 2 saturated heterocycles. The van der Waals surface area contributed by atoms with Crippen LogP contribution in [-0.4, -0.2) is 54.5 Å². The Morgan fingerprint density at radius 2 is 1.61 bits per heavy atom. The van der Waals surface area contributed by atoms with Crippen LogP contribution in [0.1, 0.15) is 42.7 Å². The number of carbonyl (C=O) groups excluding carboxylic acids is 1. The molecule has 1 N–H and O–H groups in total. The average molecular weight is 421 g/mol. The quantitative estimate of drug-likeness (QED) is 0.801. The topological polar surface area (TPSA) is 76.1 Å². The van der Waals surface area contributed by atoms with Crippen LogP contribution in [0.5, 0.6) is 0 Å². The number of ether oxygens (including phenoxy) is 2. The highest BCUT2D eigenvalue weighted by atomic mass is 16.6. The number of hydrogen-bond acceptors (Lipinski definition) is 4. The van der Waals surface area contributed by atoms with E-state index in [-0.39, 0.29) is 17.4 Å². The number of rotatable bonds is 3. The van der Waals surface area contributed by atoms with Crippen molar-refractivity contribution >= 4 is 12.1 Å². The second kappa shape index (κ2) is 8.00. The van der Waals surface area contributed by atoms with Gasteiger partial charge < -0.3 is 19.5 Å². The molecule has 1 aliphatic carbocycles. The van der Waals surface area contributed by atoms with Crippen molar-refractivity contribution in [3.05, 3.63) is 59.7 Å². The average Bonchev–Trinajstić information content (AvgIpc) is 3.12. The van der Waals surface area contributed by atoms with Gasteiger partial charge in [0, 0.05) is 19.0 Å². The maximum atomic E-state index is 12.8. The monoisotopic (exact) mass is 421 g/mol. The van der Waals surface area contributed by atoms with Gasteiger partial charge in [0.1, 0.15) is 6.61 Å². The van der Waals surface area contributed by atoms with Gasteiger partial charge in [0.25, 0.3) is 0 Å². The second-order valence-corrected chi connectivity index (χ2v) is 8.97. The predicted molar refractivity (Wildman–Crippen MR) is 115 cm³/mol. The number of hydrogen-bond donors (Lipinski definition) is 1. The van der Waals surface area contributed by atoms with Crippen LogP contribution >= 0.6 is 0 Å². The summed E-state index contributed by atoms with van der Waals surface area (Å²) in [6, 6.07) is 16.6. The van der Waals surface area contributed by atoms with Crippen molar-refractivity contribution in [1.29, 1.82) is 0 Å².